The molecule has 0 radical (unpaired) electrons. The fourth-order valence-corrected chi connectivity index (χ4v) is 5.66. The van der Waals surface area contributed by atoms with Crippen LogP contribution < -0.4 is 4.74 Å². The fraction of sp³-hybridized carbons (Fsp3) is 0.484. The summed E-state index contributed by atoms with van der Waals surface area (Å²) in [5, 5.41) is 0. The van der Waals surface area contributed by atoms with Crippen LogP contribution in [-0.2, 0) is 32.1 Å². The molecule has 0 fully saturated rings. The summed E-state index contributed by atoms with van der Waals surface area (Å²) in [6, 6.07) is 9.45. The van der Waals surface area contributed by atoms with Gasteiger partial charge in [-0.3, -0.25) is 0 Å². The van der Waals surface area contributed by atoms with E-state index in [1.807, 2.05) is 0 Å². The molecule has 1 heterocycles. The normalized spacial score (nSPS) is 16.8. The lowest BCUT2D eigenvalue weighted by Crippen LogP contribution is -2.33. The molecule has 34 heavy (non-hydrogen) atoms. The lowest BCUT2D eigenvalue weighted by atomic mass is 9.75. The van der Waals surface area contributed by atoms with E-state index in [1.54, 1.807) is 29.4 Å². The molecule has 0 aromatic heterocycles. The monoisotopic (exact) mass is 458 g/mol. The van der Waals surface area contributed by atoms with Crippen molar-refractivity contribution in [1.29, 1.82) is 0 Å². The van der Waals surface area contributed by atoms with Crippen LogP contribution in [0, 0.1) is 0 Å². The summed E-state index contributed by atoms with van der Waals surface area (Å²) >= 11 is 0. The molecule has 1 aliphatic carbocycles. The average molecular weight is 459 g/mol. The minimum atomic E-state index is 0.696. The van der Waals surface area contributed by atoms with Gasteiger partial charge in [-0.2, -0.15) is 0 Å². The molecule has 0 bridgehead atoms. The van der Waals surface area contributed by atoms with Crippen molar-refractivity contribution in [1.82, 2.24) is 9.80 Å². The van der Waals surface area contributed by atoms with Gasteiger partial charge >= 0.3 is 0 Å². The van der Waals surface area contributed by atoms with Crippen LogP contribution in [0.4, 0.5) is 0 Å². The van der Waals surface area contributed by atoms with Crippen molar-refractivity contribution >= 4 is 6.08 Å². The number of aryl methyl sites for hydroxylation is 3. The van der Waals surface area contributed by atoms with Crippen LogP contribution in [0.2, 0.25) is 0 Å². The number of allylic oxidation sites excluding steroid dienone is 1. The number of hydrogen-bond acceptors (Lipinski definition) is 3. The Labute approximate surface area is 207 Å². The number of ether oxygens (including phenoxy) is 1. The number of rotatable bonds is 10. The van der Waals surface area contributed by atoms with Crippen molar-refractivity contribution in [3.63, 3.8) is 0 Å². The third kappa shape index (κ3) is 5.10. The number of benzene rings is 2. The third-order valence-electron chi connectivity index (χ3n) is 7.76. The highest BCUT2D eigenvalue weighted by atomic mass is 16.5. The van der Waals surface area contributed by atoms with Crippen molar-refractivity contribution in [2.24, 2.45) is 0 Å². The number of fused-ring (bicyclic) bond motifs is 2. The zero-order valence-corrected chi connectivity index (χ0v) is 21.9. The quantitative estimate of drug-likeness (QED) is 0.410. The van der Waals surface area contributed by atoms with E-state index in [9.17, 15) is 0 Å². The third-order valence-corrected chi connectivity index (χ3v) is 7.76. The van der Waals surface area contributed by atoms with Crippen molar-refractivity contribution < 1.29 is 4.74 Å². The molecule has 0 saturated heterocycles. The Bertz CT molecular complexity index is 1070. The summed E-state index contributed by atoms with van der Waals surface area (Å²) < 4.78 is 5.60. The van der Waals surface area contributed by atoms with Crippen LogP contribution >= 0.6 is 0 Å². The summed E-state index contributed by atoms with van der Waals surface area (Å²) in [5.41, 5.74) is 11.3. The van der Waals surface area contributed by atoms with E-state index < -0.39 is 0 Å². The van der Waals surface area contributed by atoms with Crippen LogP contribution in [0.15, 0.2) is 42.7 Å². The van der Waals surface area contributed by atoms with Gasteiger partial charge in [-0.05, 0) is 96.8 Å². The van der Waals surface area contributed by atoms with Crippen LogP contribution in [-0.4, -0.2) is 43.6 Å². The Kier molecular flexibility index (Phi) is 7.83. The molecule has 0 saturated carbocycles. The van der Waals surface area contributed by atoms with Crippen LogP contribution in [0.25, 0.3) is 6.08 Å². The van der Waals surface area contributed by atoms with Crippen LogP contribution in [0.5, 0.6) is 5.75 Å². The average Bonchev–Trinajstić information content (AvgIpc) is 2.98. The minimum absolute atomic E-state index is 0.696. The van der Waals surface area contributed by atoms with Gasteiger partial charge < -0.3 is 14.5 Å². The maximum absolute atomic E-state index is 5.60. The molecule has 0 N–H and O–H groups in total. The molecule has 2 aromatic rings. The second-order valence-corrected chi connectivity index (χ2v) is 10.0. The number of likely N-dealkylation sites (N-methyl/N-ethyl adjacent to an activating group) is 1. The molecule has 182 valence electrons. The van der Waals surface area contributed by atoms with Crippen molar-refractivity contribution in [2.75, 3.05) is 33.8 Å². The first-order valence-electron chi connectivity index (χ1n) is 13.1. The molecule has 1 aliphatic heterocycles. The Morgan fingerprint density at radius 3 is 2.41 bits per heavy atom. The summed E-state index contributed by atoms with van der Waals surface area (Å²) in [6.07, 6.45) is 11.0. The minimum Gasteiger partial charge on any atom is -0.496 e. The van der Waals surface area contributed by atoms with E-state index in [2.05, 4.69) is 80.7 Å². The SMILES string of the molecule is C=C1Cc2cc(CC)c(OC)cc2C=CN1CCCN(C)CC1Cc2cc(CC)c(CC)cc21. The molecule has 1 atom stereocenters. The Morgan fingerprint density at radius 1 is 1.00 bits per heavy atom. The molecule has 0 amide bonds. The summed E-state index contributed by atoms with van der Waals surface area (Å²) in [6.45, 7) is 14.4. The molecule has 4 rings (SSSR count). The Balaban J connectivity index is 1.30. The van der Waals surface area contributed by atoms with Gasteiger partial charge in [0.15, 0.2) is 0 Å². The van der Waals surface area contributed by atoms with Gasteiger partial charge in [0.05, 0.1) is 7.11 Å². The van der Waals surface area contributed by atoms with E-state index in [4.69, 9.17) is 4.74 Å². The maximum atomic E-state index is 5.60. The molecule has 2 aromatic carbocycles. The lowest BCUT2D eigenvalue weighted by Gasteiger charge is -2.35. The van der Waals surface area contributed by atoms with Crippen molar-refractivity contribution in [3.8, 4) is 5.75 Å². The smallest absolute Gasteiger partial charge is 0.122 e. The predicted molar refractivity (Wildman–Crippen MR) is 145 cm³/mol. The standard InChI is InChI=1S/C31H42N2O/c1-7-23-16-28-18-29(30(28)19-24(23)8-2)21-32(5)12-10-13-33-14-11-26-20-31(34-6)25(9-3)17-27(26)15-22(33)4/h11,14,16-17,19-20,29H,4,7-10,12-13,15,18,21H2,1-3,5-6H3. The largest absolute Gasteiger partial charge is 0.496 e. The van der Waals surface area contributed by atoms with Gasteiger partial charge in [0.25, 0.3) is 0 Å². The van der Waals surface area contributed by atoms with Crippen LogP contribution in [0.3, 0.4) is 0 Å². The fourth-order valence-electron chi connectivity index (χ4n) is 5.66. The predicted octanol–water partition coefficient (Wildman–Crippen LogP) is 6.39. The zero-order chi connectivity index (χ0) is 24.2. The van der Waals surface area contributed by atoms with Gasteiger partial charge in [-0.25, -0.2) is 0 Å². The van der Waals surface area contributed by atoms with Gasteiger partial charge in [0.1, 0.15) is 5.75 Å². The highest BCUT2D eigenvalue weighted by molar-refractivity contribution is 5.60. The van der Waals surface area contributed by atoms with E-state index in [1.165, 1.54) is 28.8 Å². The molecule has 1 unspecified atom stereocenters. The maximum Gasteiger partial charge on any atom is 0.122 e. The first-order chi connectivity index (χ1) is 16.5. The number of nitrogens with zero attached hydrogens (tertiary/aromatic N) is 2. The van der Waals surface area contributed by atoms with Crippen molar-refractivity contribution in [2.45, 2.75) is 65.2 Å². The summed E-state index contributed by atoms with van der Waals surface area (Å²) in [5.74, 6) is 1.68. The first kappa shape index (κ1) is 24.6. The molecular weight excluding hydrogens is 416 g/mol. The molecular formula is C31H42N2O. The second kappa shape index (κ2) is 10.8. The van der Waals surface area contributed by atoms with Crippen molar-refractivity contribution in [3.05, 3.63) is 81.7 Å². The zero-order valence-electron chi connectivity index (χ0n) is 21.9. The first-order valence-corrected chi connectivity index (χ1v) is 13.1. The molecule has 3 heteroatoms. The number of methoxy groups -OCH3 is 1. The van der Waals surface area contributed by atoms with E-state index >= 15 is 0 Å². The molecule has 0 spiro atoms. The van der Waals surface area contributed by atoms with Gasteiger partial charge in [0, 0.05) is 37.3 Å². The lowest BCUT2D eigenvalue weighted by molar-refractivity contribution is 0.282. The van der Waals surface area contributed by atoms with Gasteiger partial charge in [-0.15, -0.1) is 0 Å². The van der Waals surface area contributed by atoms with E-state index in [0.29, 0.717) is 5.92 Å². The van der Waals surface area contributed by atoms with E-state index in [-0.39, 0.29) is 0 Å². The highest BCUT2D eigenvalue weighted by Gasteiger charge is 2.28. The molecule has 2 aliphatic rings. The van der Waals surface area contributed by atoms with Gasteiger partial charge in [-0.1, -0.05) is 45.5 Å². The summed E-state index contributed by atoms with van der Waals surface area (Å²) in [4.78, 5) is 4.86. The summed E-state index contributed by atoms with van der Waals surface area (Å²) in [7, 11) is 4.04. The second-order valence-electron chi connectivity index (χ2n) is 10.0. The van der Waals surface area contributed by atoms with E-state index in [0.717, 1.165) is 57.5 Å². The Morgan fingerprint density at radius 2 is 1.71 bits per heavy atom. The Hall–Kier alpha value is -2.52. The molecule has 3 nitrogen and oxygen atoms in total. The van der Waals surface area contributed by atoms with Crippen LogP contribution in [0.1, 0.15) is 72.1 Å². The van der Waals surface area contributed by atoms with Gasteiger partial charge in [0.2, 0.25) is 0 Å². The highest BCUT2D eigenvalue weighted by Crippen LogP contribution is 2.38. The number of hydrogen-bond donors (Lipinski definition) is 0. The topological polar surface area (TPSA) is 15.7 Å².